The quantitative estimate of drug-likeness (QED) is 0.739. The number of nitrogens with one attached hydrogen (secondary N) is 1. The third kappa shape index (κ3) is 3.96. The van der Waals surface area contributed by atoms with Gasteiger partial charge in [-0.05, 0) is 36.6 Å². The van der Waals surface area contributed by atoms with Crippen LogP contribution in [0.25, 0.3) is 0 Å². The zero-order valence-electron chi connectivity index (χ0n) is 11.2. The van der Waals surface area contributed by atoms with Crippen LogP contribution in [-0.4, -0.2) is 30.8 Å². The average Bonchev–Trinajstić information content (AvgIpc) is 2.89. The summed E-state index contributed by atoms with van der Waals surface area (Å²) in [5.74, 6) is 0.886. The molecule has 2 N–H and O–H groups in total. The maximum Gasteiger partial charge on any atom is 0.251 e. The van der Waals surface area contributed by atoms with E-state index in [1.165, 1.54) is 0 Å². The van der Waals surface area contributed by atoms with Crippen LogP contribution in [0.15, 0.2) is 18.2 Å². The predicted molar refractivity (Wildman–Crippen MR) is 73.5 cm³/mol. The highest BCUT2D eigenvalue weighted by Crippen LogP contribution is 2.25. The zero-order chi connectivity index (χ0) is 13.5. The van der Waals surface area contributed by atoms with E-state index in [0.717, 1.165) is 43.4 Å². The fourth-order valence-corrected chi connectivity index (χ4v) is 2.22. The standard InChI is InChI=1S/C15H21NO3/c17-9-4-2-1-3-8-16-15(18)13-5-6-14-12(11-13)7-10-19-14/h5-6,11,17H,1-4,7-10H2,(H,16,18). The summed E-state index contributed by atoms with van der Waals surface area (Å²) < 4.78 is 5.42. The molecule has 0 unspecified atom stereocenters. The van der Waals surface area contributed by atoms with Gasteiger partial charge in [-0.1, -0.05) is 12.8 Å². The Morgan fingerprint density at radius 3 is 2.95 bits per heavy atom. The van der Waals surface area contributed by atoms with Crippen molar-refractivity contribution in [2.24, 2.45) is 0 Å². The Kier molecular flexibility index (Phi) is 5.21. The molecule has 0 saturated heterocycles. The van der Waals surface area contributed by atoms with E-state index in [0.29, 0.717) is 18.7 Å². The van der Waals surface area contributed by atoms with Crippen molar-refractivity contribution in [2.75, 3.05) is 19.8 Å². The summed E-state index contributed by atoms with van der Waals surface area (Å²) in [5.41, 5.74) is 1.83. The van der Waals surface area contributed by atoms with E-state index < -0.39 is 0 Å². The van der Waals surface area contributed by atoms with Crippen molar-refractivity contribution in [1.82, 2.24) is 5.32 Å². The maximum atomic E-state index is 11.9. The average molecular weight is 263 g/mol. The fraction of sp³-hybridized carbons (Fsp3) is 0.533. The van der Waals surface area contributed by atoms with Gasteiger partial charge in [0, 0.05) is 25.1 Å². The van der Waals surface area contributed by atoms with Gasteiger partial charge in [-0.2, -0.15) is 0 Å². The van der Waals surface area contributed by atoms with Gasteiger partial charge in [0.25, 0.3) is 5.91 Å². The molecule has 0 bridgehead atoms. The van der Waals surface area contributed by atoms with Crippen LogP contribution in [0.4, 0.5) is 0 Å². The molecule has 4 nitrogen and oxygen atoms in total. The molecule has 1 aromatic rings. The van der Waals surface area contributed by atoms with Gasteiger partial charge >= 0.3 is 0 Å². The first-order chi connectivity index (χ1) is 9.31. The van der Waals surface area contributed by atoms with Crippen molar-refractivity contribution in [3.63, 3.8) is 0 Å². The number of carbonyl (C=O) groups excluding carboxylic acids is 1. The van der Waals surface area contributed by atoms with Crippen LogP contribution in [0.1, 0.15) is 41.6 Å². The first-order valence-corrected chi connectivity index (χ1v) is 6.96. The third-order valence-corrected chi connectivity index (χ3v) is 3.32. The molecule has 0 saturated carbocycles. The van der Waals surface area contributed by atoms with Crippen LogP contribution >= 0.6 is 0 Å². The lowest BCUT2D eigenvalue weighted by Crippen LogP contribution is -2.24. The molecule has 104 valence electrons. The molecular weight excluding hydrogens is 242 g/mol. The minimum atomic E-state index is -0.0168. The molecule has 0 fully saturated rings. The molecule has 1 aromatic carbocycles. The highest BCUT2D eigenvalue weighted by molar-refractivity contribution is 5.94. The van der Waals surface area contributed by atoms with E-state index in [4.69, 9.17) is 9.84 Å². The van der Waals surface area contributed by atoms with Crippen molar-refractivity contribution < 1.29 is 14.6 Å². The Balaban J connectivity index is 1.74. The minimum absolute atomic E-state index is 0.0168. The monoisotopic (exact) mass is 263 g/mol. The van der Waals surface area contributed by atoms with Crippen LogP contribution in [-0.2, 0) is 6.42 Å². The van der Waals surface area contributed by atoms with Crippen molar-refractivity contribution in [3.8, 4) is 5.75 Å². The van der Waals surface area contributed by atoms with Crippen molar-refractivity contribution >= 4 is 5.91 Å². The Hall–Kier alpha value is -1.55. The lowest BCUT2D eigenvalue weighted by Gasteiger charge is -2.06. The number of rotatable bonds is 7. The number of carbonyl (C=O) groups is 1. The molecule has 2 rings (SSSR count). The number of amides is 1. The van der Waals surface area contributed by atoms with Crippen LogP contribution in [0.5, 0.6) is 5.75 Å². The first-order valence-electron chi connectivity index (χ1n) is 6.96. The molecule has 1 amide bonds. The Morgan fingerprint density at radius 2 is 2.11 bits per heavy atom. The molecule has 0 radical (unpaired) electrons. The SMILES string of the molecule is O=C(NCCCCCCO)c1ccc2c(c1)CCO2. The number of aliphatic hydroxyl groups excluding tert-OH is 1. The van der Waals surface area contributed by atoms with Gasteiger partial charge < -0.3 is 15.2 Å². The molecule has 1 heterocycles. The molecule has 0 atom stereocenters. The van der Waals surface area contributed by atoms with Gasteiger partial charge in [-0.15, -0.1) is 0 Å². The first kappa shape index (κ1) is 13.9. The Labute approximate surface area is 113 Å². The third-order valence-electron chi connectivity index (χ3n) is 3.32. The Bertz CT molecular complexity index is 431. The maximum absolute atomic E-state index is 11.9. The second-order valence-electron chi connectivity index (χ2n) is 4.81. The van der Waals surface area contributed by atoms with Crippen molar-refractivity contribution in [2.45, 2.75) is 32.1 Å². The Morgan fingerprint density at radius 1 is 1.26 bits per heavy atom. The molecule has 1 aliphatic rings. The van der Waals surface area contributed by atoms with Crippen molar-refractivity contribution in [3.05, 3.63) is 29.3 Å². The lowest BCUT2D eigenvalue weighted by molar-refractivity contribution is 0.0952. The van der Waals surface area contributed by atoms with Crippen LogP contribution < -0.4 is 10.1 Å². The molecule has 0 spiro atoms. The van der Waals surface area contributed by atoms with E-state index in [1.807, 2.05) is 18.2 Å². The summed E-state index contributed by atoms with van der Waals surface area (Å²) in [6.45, 7) is 1.66. The fourth-order valence-electron chi connectivity index (χ4n) is 2.22. The van der Waals surface area contributed by atoms with Gasteiger partial charge in [0.2, 0.25) is 0 Å². The lowest BCUT2D eigenvalue weighted by atomic mass is 10.1. The van der Waals surface area contributed by atoms with Crippen LogP contribution in [0.2, 0.25) is 0 Å². The van der Waals surface area contributed by atoms with Crippen LogP contribution in [0, 0.1) is 0 Å². The number of hydrogen-bond acceptors (Lipinski definition) is 3. The molecule has 1 aliphatic heterocycles. The molecule has 19 heavy (non-hydrogen) atoms. The smallest absolute Gasteiger partial charge is 0.251 e. The largest absolute Gasteiger partial charge is 0.493 e. The number of ether oxygens (including phenoxy) is 1. The highest BCUT2D eigenvalue weighted by Gasteiger charge is 2.14. The van der Waals surface area contributed by atoms with E-state index in [1.54, 1.807) is 0 Å². The van der Waals surface area contributed by atoms with Crippen molar-refractivity contribution in [1.29, 1.82) is 0 Å². The van der Waals surface area contributed by atoms with Gasteiger partial charge in [0.15, 0.2) is 0 Å². The minimum Gasteiger partial charge on any atom is -0.493 e. The summed E-state index contributed by atoms with van der Waals surface area (Å²) in [5, 5.41) is 11.6. The predicted octanol–water partition coefficient (Wildman–Crippen LogP) is 1.90. The summed E-state index contributed by atoms with van der Waals surface area (Å²) in [6, 6.07) is 5.60. The summed E-state index contributed by atoms with van der Waals surface area (Å²) in [4.78, 5) is 11.9. The summed E-state index contributed by atoms with van der Waals surface area (Å²) in [7, 11) is 0. The van der Waals surface area contributed by atoms with E-state index in [2.05, 4.69) is 5.32 Å². The second kappa shape index (κ2) is 7.14. The van der Waals surface area contributed by atoms with E-state index in [9.17, 15) is 4.79 Å². The van der Waals surface area contributed by atoms with E-state index in [-0.39, 0.29) is 12.5 Å². The van der Waals surface area contributed by atoms with Gasteiger partial charge in [-0.3, -0.25) is 4.79 Å². The number of unbranched alkanes of at least 4 members (excludes halogenated alkanes) is 3. The topological polar surface area (TPSA) is 58.6 Å². The molecule has 0 aromatic heterocycles. The number of hydrogen-bond donors (Lipinski definition) is 2. The van der Waals surface area contributed by atoms with Crippen LogP contribution in [0.3, 0.4) is 0 Å². The normalized spacial score (nSPS) is 12.9. The molecular formula is C15H21NO3. The zero-order valence-corrected chi connectivity index (χ0v) is 11.2. The molecule has 4 heteroatoms. The summed E-state index contributed by atoms with van der Waals surface area (Å²) >= 11 is 0. The second-order valence-corrected chi connectivity index (χ2v) is 4.81. The molecule has 0 aliphatic carbocycles. The van der Waals surface area contributed by atoms with Gasteiger partial charge in [-0.25, -0.2) is 0 Å². The van der Waals surface area contributed by atoms with E-state index >= 15 is 0 Å². The van der Waals surface area contributed by atoms with Gasteiger partial charge in [0.1, 0.15) is 5.75 Å². The number of fused-ring (bicyclic) bond motifs is 1. The summed E-state index contributed by atoms with van der Waals surface area (Å²) in [6.07, 6.45) is 4.75. The number of benzene rings is 1. The van der Waals surface area contributed by atoms with Gasteiger partial charge in [0.05, 0.1) is 6.61 Å². The number of aliphatic hydroxyl groups is 1. The highest BCUT2D eigenvalue weighted by atomic mass is 16.5.